The molecular formula is C27H32N4O4. The number of hydrogen-bond donors (Lipinski definition) is 1. The first-order chi connectivity index (χ1) is 16.8. The van der Waals surface area contributed by atoms with Crippen molar-refractivity contribution in [2.24, 2.45) is 0 Å². The number of benzene rings is 2. The lowest BCUT2D eigenvalue weighted by atomic mass is 9.99. The Morgan fingerprint density at radius 1 is 1.17 bits per heavy atom. The van der Waals surface area contributed by atoms with Crippen LogP contribution >= 0.6 is 0 Å². The van der Waals surface area contributed by atoms with Gasteiger partial charge >= 0.3 is 0 Å². The highest BCUT2D eigenvalue weighted by Crippen LogP contribution is 2.39. The SMILES string of the molecule is COc1c(C(=O)Nc2ccc3c(C)nn(CCN4CCOCC4)c3c2)ccc2c1C=CC(C)(C)O2. The predicted octanol–water partition coefficient (Wildman–Crippen LogP) is 4.12. The Hall–Kier alpha value is -3.36. The van der Waals surface area contributed by atoms with E-state index >= 15 is 0 Å². The molecular weight excluding hydrogens is 444 g/mol. The normalized spacial score (nSPS) is 17.1. The van der Waals surface area contributed by atoms with Gasteiger partial charge in [-0.3, -0.25) is 14.4 Å². The van der Waals surface area contributed by atoms with E-state index in [1.807, 2.05) is 61.9 Å². The molecule has 3 aromatic rings. The average molecular weight is 477 g/mol. The summed E-state index contributed by atoms with van der Waals surface area (Å²) in [5.41, 5.74) is 3.52. The quantitative estimate of drug-likeness (QED) is 0.577. The standard InChI is InChI=1S/C27H32N4O4/c1-18-20-6-5-19(17-23(20)31(29-18)12-11-30-13-15-34-16-14-30)28-26(32)22-7-8-24-21(25(22)33-4)9-10-27(2,3)35-24/h5-10,17H,11-16H2,1-4H3,(H,28,32). The van der Waals surface area contributed by atoms with Crippen molar-refractivity contribution in [2.45, 2.75) is 32.9 Å². The monoisotopic (exact) mass is 476 g/mol. The Balaban J connectivity index is 1.38. The lowest BCUT2D eigenvalue weighted by Crippen LogP contribution is -2.38. The molecule has 8 nitrogen and oxygen atoms in total. The minimum absolute atomic E-state index is 0.238. The molecule has 1 saturated heterocycles. The molecule has 0 aliphatic carbocycles. The van der Waals surface area contributed by atoms with Gasteiger partial charge in [0.25, 0.3) is 5.91 Å². The Morgan fingerprint density at radius 2 is 1.97 bits per heavy atom. The molecule has 1 fully saturated rings. The summed E-state index contributed by atoms with van der Waals surface area (Å²) in [6.45, 7) is 11.1. The summed E-state index contributed by atoms with van der Waals surface area (Å²) in [4.78, 5) is 15.7. The number of nitrogens with zero attached hydrogens (tertiary/aromatic N) is 3. The number of carbonyl (C=O) groups excluding carboxylic acids is 1. The van der Waals surface area contributed by atoms with Gasteiger partial charge in [0.2, 0.25) is 0 Å². The molecule has 3 heterocycles. The van der Waals surface area contributed by atoms with Gasteiger partial charge in [0.15, 0.2) is 0 Å². The van der Waals surface area contributed by atoms with Crippen LogP contribution in [0.1, 0.15) is 35.5 Å². The van der Waals surface area contributed by atoms with Crippen molar-refractivity contribution in [3.8, 4) is 11.5 Å². The van der Waals surface area contributed by atoms with Crippen molar-refractivity contribution in [1.29, 1.82) is 0 Å². The molecule has 0 spiro atoms. The second kappa shape index (κ2) is 9.36. The van der Waals surface area contributed by atoms with Crippen LogP contribution in [-0.2, 0) is 11.3 Å². The van der Waals surface area contributed by atoms with Crippen molar-refractivity contribution in [1.82, 2.24) is 14.7 Å². The van der Waals surface area contributed by atoms with Gasteiger partial charge < -0.3 is 19.5 Å². The van der Waals surface area contributed by atoms with Gasteiger partial charge in [-0.25, -0.2) is 0 Å². The van der Waals surface area contributed by atoms with E-state index in [9.17, 15) is 4.79 Å². The number of methoxy groups -OCH3 is 1. The van der Waals surface area contributed by atoms with Gasteiger partial charge in [0.1, 0.15) is 17.1 Å². The van der Waals surface area contributed by atoms with Crippen molar-refractivity contribution >= 4 is 28.6 Å². The average Bonchev–Trinajstić information content (AvgIpc) is 3.16. The summed E-state index contributed by atoms with van der Waals surface area (Å²) in [6.07, 6.45) is 3.92. The van der Waals surface area contributed by atoms with Crippen LogP contribution < -0.4 is 14.8 Å². The Bertz CT molecular complexity index is 1290. The van der Waals surface area contributed by atoms with Crippen LogP contribution in [-0.4, -0.2) is 66.1 Å². The van der Waals surface area contributed by atoms with Crippen molar-refractivity contribution in [3.05, 3.63) is 53.2 Å². The molecule has 2 aliphatic rings. The number of amides is 1. The Morgan fingerprint density at radius 3 is 2.74 bits per heavy atom. The van der Waals surface area contributed by atoms with E-state index < -0.39 is 5.60 Å². The molecule has 35 heavy (non-hydrogen) atoms. The van der Waals surface area contributed by atoms with E-state index in [4.69, 9.17) is 19.3 Å². The zero-order valence-corrected chi connectivity index (χ0v) is 20.8. The summed E-state index contributed by atoms with van der Waals surface area (Å²) in [5.74, 6) is 0.963. The lowest BCUT2D eigenvalue weighted by Gasteiger charge is -2.29. The fourth-order valence-corrected chi connectivity index (χ4v) is 4.68. The summed E-state index contributed by atoms with van der Waals surface area (Å²) < 4.78 is 19.1. The first-order valence-corrected chi connectivity index (χ1v) is 12.0. The van der Waals surface area contributed by atoms with Crippen LogP contribution in [0.5, 0.6) is 11.5 Å². The maximum Gasteiger partial charge on any atom is 0.259 e. The number of fused-ring (bicyclic) bond motifs is 2. The summed E-state index contributed by atoms with van der Waals surface area (Å²) >= 11 is 0. The molecule has 184 valence electrons. The van der Waals surface area contributed by atoms with Crippen LogP contribution in [0.3, 0.4) is 0 Å². The number of nitrogens with one attached hydrogen (secondary N) is 1. The molecule has 8 heteroatoms. The molecule has 2 aromatic carbocycles. The second-order valence-corrected chi connectivity index (χ2v) is 9.55. The maximum atomic E-state index is 13.3. The zero-order valence-electron chi connectivity index (χ0n) is 20.8. The summed E-state index contributed by atoms with van der Waals surface area (Å²) in [5, 5.41) is 8.87. The van der Waals surface area contributed by atoms with Crippen LogP contribution in [0.25, 0.3) is 17.0 Å². The first kappa shape index (κ1) is 23.4. The molecule has 0 atom stereocenters. The van der Waals surface area contributed by atoms with Gasteiger partial charge in [-0.2, -0.15) is 5.10 Å². The van der Waals surface area contributed by atoms with Gasteiger partial charge in [0, 0.05) is 30.7 Å². The highest BCUT2D eigenvalue weighted by Gasteiger charge is 2.26. The number of carbonyl (C=O) groups is 1. The number of hydrogen-bond acceptors (Lipinski definition) is 6. The molecule has 2 aliphatic heterocycles. The van der Waals surface area contributed by atoms with Crippen molar-refractivity contribution < 1.29 is 19.0 Å². The lowest BCUT2D eigenvalue weighted by molar-refractivity contribution is 0.0361. The minimum atomic E-state index is -0.403. The van der Waals surface area contributed by atoms with Crippen LogP contribution in [0.15, 0.2) is 36.4 Å². The predicted molar refractivity (Wildman–Crippen MR) is 136 cm³/mol. The van der Waals surface area contributed by atoms with E-state index in [0.29, 0.717) is 22.7 Å². The third kappa shape index (κ3) is 4.76. The van der Waals surface area contributed by atoms with Crippen molar-refractivity contribution in [2.75, 3.05) is 45.3 Å². The molecule has 0 saturated carbocycles. The van der Waals surface area contributed by atoms with Gasteiger partial charge in [-0.05, 0) is 63.3 Å². The van der Waals surface area contributed by atoms with E-state index in [-0.39, 0.29) is 5.91 Å². The third-order valence-corrected chi connectivity index (χ3v) is 6.56. The summed E-state index contributed by atoms with van der Waals surface area (Å²) in [6, 6.07) is 9.49. The number of ether oxygens (including phenoxy) is 3. The largest absolute Gasteiger partial charge is 0.495 e. The number of rotatable bonds is 6. The van der Waals surface area contributed by atoms with E-state index in [0.717, 1.165) is 61.6 Å². The molecule has 1 amide bonds. The molecule has 0 radical (unpaired) electrons. The van der Waals surface area contributed by atoms with Gasteiger partial charge in [-0.1, -0.05) is 0 Å². The second-order valence-electron chi connectivity index (χ2n) is 9.55. The fraction of sp³-hybridized carbons (Fsp3) is 0.407. The topological polar surface area (TPSA) is 77.9 Å². The number of morpholine rings is 1. The van der Waals surface area contributed by atoms with Crippen LogP contribution in [0, 0.1) is 6.92 Å². The Labute approximate surface area is 205 Å². The number of anilines is 1. The number of aromatic nitrogens is 2. The highest BCUT2D eigenvalue weighted by molar-refractivity contribution is 6.08. The van der Waals surface area contributed by atoms with Crippen LogP contribution in [0.2, 0.25) is 0 Å². The van der Waals surface area contributed by atoms with E-state index in [1.165, 1.54) is 0 Å². The number of aryl methyl sites for hydroxylation is 1. The molecule has 5 rings (SSSR count). The van der Waals surface area contributed by atoms with E-state index in [2.05, 4.69) is 10.2 Å². The highest BCUT2D eigenvalue weighted by atomic mass is 16.5. The Kier molecular flexibility index (Phi) is 6.25. The molecule has 1 aromatic heterocycles. The first-order valence-electron chi connectivity index (χ1n) is 12.0. The molecule has 0 bridgehead atoms. The van der Waals surface area contributed by atoms with Gasteiger partial charge in [-0.15, -0.1) is 0 Å². The third-order valence-electron chi connectivity index (χ3n) is 6.56. The molecule has 0 unspecified atom stereocenters. The fourth-order valence-electron chi connectivity index (χ4n) is 4.68. The van der Waals surface area contributed by atoms with Gasteiger partial charge in [0.05, 0.1) is 49.2 Å². The van der Waals surface area contributed by atoms with Crippen molar-refractivity contribution in [3.63, 3.8) is 0 Å². The molecule has 1 N–H and O–H groups in total. The van der Waals surface area contributed by atoms with Crippen LogP contribution in [0.4, 0.5) is 5.69 Å². The maximum absolute atomic E-state index is 13.3. The minimum Gasteiger partial charge on any atom is -0.495 e. The zero-order chi connectivity index (χ0) is 24.6. The van der Waals surface area contributed by atoms with E-state index in [1.54, 1.807) is 13.2 Å². The summed E-state index contributed by atoms with van der Waals surface area (Å²) in [7, 11) is 1.57. The smallest absolute Gasteiger partial charge is 0.259 e.